The van der Waals surface area contributed by atoms with E-state index in [-0.39, 0.29) is 10.8 Å². The van der Waals surface area contributed by atoms with Crippen molar-refractivity contribution in [2.75, 3.05) is 0 Å². The van der Waals surface area contributed by atoms with Gasteiger partial charge in [0, 0.05) is 6.42 Å². The first kappa shape index (κ1) is 28.6. The van der Waals surface area contributed by atoms with Crippen LogP contribution in [0.25, 0.3) is 0 Å². The molecule has 4 fully saturated rings. The second-order valence-electron chi connectivity index (χ2n) is 13.3. The Morgan fingerprint density at radius 3 is 2.72 bits per heavy atom. The Morgan fingerprint density at radius 2 is 1.97 bits per heavy atom. The van der Waals surface area contributed by atoms with Crippen molar-refractivity contribution in [3.05, 3.63) is 65.5 Å². The standard InChI is InChI=1S/C34H49NO4/c1-5-6-9-26-21-39-32(35-26)34(17-18-34)31(38)15-10-22(2)28-13-14-29-24(8-7-16-33(28,29)4)11-12-25-19-27(36)20-30(37)23(25)3/h10-12,15,21-22,27-31,36-38H,3,5-9,13-14,16-20H2,1-2,4H3/t22-,27-,28-,29+,30+,31+,33-/m1/s1. The summed E-state index contributed by atoms with van der Waals surface area (Å²) in [5.41, 5.74) is 4.16. The zero-order valence-electron chi connectivity index (χ0n) is 24.2. The van der Waals surface area contributed by atoms with Gasteiger partial charge in [-0.25, -0.2) is 4.98 Å². The van der Waals surface area contributed by atoms with Gasteiger partial charge in [0.1, 0.15) is 6.26 Å². The fourth-order valence-electron chi connectivity index (χ4n) is 7.99. The fraction of sp³-hybridized carbons (Fsp3) is 0.676. The highest BCUT2D eigenvalue weighted by molar-refractivity contribution is 5.38. The van der Waals surface area contributed by atoms with Crippen LogP contribution in [0.2, 0.25) is 0 Å². The zero-order chi connectivity index (χ0) is 27.8. The Hall–Kier alpha value is -1.95. The molecule has 0 aromatic carbocycles. The van der Waals surface area contributed by atoms with E-state index in [0.29, 0.717) is 36.5 Å². The molecule has 5 rings (SSSR count). The Bertz CT molecular complexity index is 1120. The van der Waals surface area contributed by atoms with Crippen LogP contribution in [0, 0.1) is 23.2 Å². The largest absolute Gasteiger partial charge is 0.448 e. The maximum atomic E-state index is 11.2. The lowest BCUT2D eigenvalue weighted by molar-refractivity contribution is 0.0862. The number of aromatic nitrogens is 1. The minimum Gasteiger partial charge on any atom is -0.448 e. The highest BCUT2D eigenvalue weighted by Gasteiger charge is 2.54. The van der Waals surface area contributed by atoms with Crippen LogP contribution in [0.4, 0.5) is 0 Å². The predicted octanol–water partition coefficient (Wildman–Crippen LogP) is 6.74. The normalized spacial score (nSPS) is 36.0. The molecule has 1 aromatic heterocycles. The summed E-state index contributed by atoms with van der Waals surface area (Å²) in [4.78, 5) is 4.74. The molecule has 5 nitrogen and oxygen atoms in total. The zero-order valence-corrected chi connectivity index (χ0v) is 24.2. The molecule has 4 aliphatic rings. The SMILES string of the molecule is C=C1C(=CC=C2CCC[C@]3(C)[C@@H]([C@H](C)C=C[C@H](O)C4(c5nc(CCCC)co5)CC4)CC[C@@H]23)C[C@@H](O)C[C@@H]1O. The first-order valence-electron chi connectivity index (χ1n) is 15.4. The summed E-state index contributed by atoms with van der Waals surface area (Å²) in [6.07, 6.45) is 20.7. The summed E-state index contributed by atoms with van der Waals surface area (Å²) in [5, 5.41) is 31.6. The highest BCUT2D eigenvalue weighted by Crippen LogP contribution is 2.60. The molecule has 5 heteroatoms. The molecule has 0 radical (unpaired) electrons. The number of aliphatic hydroxyl groups is 3. The number of hydrogen-bond acceptors (Lipinski definition) is 5. The smallest absolute Gasteiger partial charge is 0.203 e. The molecule has 1 heterocycles. The molecule has 1 aromatic rings. The number of unbranched alkanes of at least 4 members (excludes halogenated alkanes) is 1. The van der Waals surface area contributed by atoms with Crippen LogP contribution in [0.15, 0.2) is 58.3 Å². The molecule has 3 N–H and O–H groups in total. The fourth-order valence-corrected chi connectivity index (χ4v) is 7.99. The minimum atomic E-state index is -0.643. The first-order chi connectivity index (χ1) is 18.7. The van der Waals surface area contributed by atoms with E-state index in [1.54, 1.807) is 6.26 Å². The molecular weight excluding hydrogens is 486 g/mol. The summed E-state index contributed by atoms with van der Waals surface area (Å²) >= 11 is 0. The molecular formula is C34H49NO4. The Morgan fingerprint density at radius 1 is 1.18 bits per heavy atom. The van der Waals surface area contributed by atoms with Crippen LogP contribution in [-0.2, 0) is 11.8 Å². The third-order valence-corrected chi connectivity index (χ3v) is 10.7. The number of rotatable bonds is 9. The number of aryl methyl sites for hydroxylation is 1. The molecule has 0 aliphatic heterocycles. The van der Waals surface area contributed by atoms with Crippen molar-refractivity contribution in [1.82, 2.24) is 4.98 Å². The van der Waals surface area contributed by atoms with Gasteiger partial charge in [0.05, 0.1) is 29.4 Å². The Balaban J connectivity index is 1.26. The number of allylic oxidation sites excluding steroid dienone is 4. The van der Waals surface area contributed by atoms with Gasteiger partial charge in [-0.2, -0.15) is 0 Å². The van der Waals surface area contributed by atoms with E-state index in [9.17, 15) is 15.3 Å². The maximum Gasteiger partial charge on any atom is 0.203 e. The lowest BCUT2D eigenvalue weighted by Crippen LogP contribution is -2.35. The topological polar surface area (TPSA) is 86.7 Å². The third kappa shape index (κ3) is 5.64. The summed E-state index contributed by atoms with van der Waals surface area (Å²) in [6, 6.07) is 0. The van der Waals surface area contributed by atoms with E-state index in [2.05, 4.69) is 45.6 Å². The number of fused-ring (bicyclic) bond motifs is 1. The van der Waals surface area contributed by atoms with Gasteiger partial charge >= 0.3 is 0 Å². The van der Waals surface area contributed by atoms with E-state index >= 15 is 0 Å². The van der Waals surface area contributed by atoms with Crippen molar-refractivity contribution in [1.29, 1.82) is 0 Å². The van der Waals surface area contributed by atoms with E-state index in [1.165, 1.54) is 31.3 Å². The monoisotopic (exact) mass is 535 g/mol. The van der Waals surface area contributed by atoms with Crippen molar-refractivity contribution in [2.24, 2.45) is 23.2 Å². The molecule has 4 saturated carbocycles. The van der Waals surface area contributed by atoms with E-state index in [4.69, 9.17) is 9.40 Å². The quantitative estimate of drug-likeness (QED) is 0.305. The van der Waals surface area contributed by atoms with Crippen LogP contribution in [-0.4, -0.2) is 38.6 Å². The van der Waals surface area contributed by atoms with Gasteiger partial charge in [0.15, 0.2) is 0 Å². The number of oxazole rings is 1. The maximum absolute atomic E-state index is 11.2. The molecule has 4 aliphatic carbocycles. The molecule has 7 atom stereocenters. The average molecular weight is 536 g/mol. The van der Waals surface area contributed by atoms with Crippen LogP contribution >= 0.6 is 0 Å². The van der Waals surface area contributed by atoms with E-state index in [0.717, 1.165) is 55.4 Å². The number of aliphatic hydroxyl groups excluding tert-OH is 3. The van der Waals surface area contributed by atoms with Gasteiger partial charge in [0.25, 0.3) is 0 Å². The van der Waals surface area contributed by atoms with Gasteiger partial charge in [-0.05, 0) is 98.5 Å². The van der Waals surface area contributed by atoms with Crippen LogP contribution in [0.1, 0.15) is 103 Å². The van der Waals surface area contributed by atoms with Crippen LogP contribution in [0.5, 0.6) is 0 Å². The van der Waals surface area contributed by atoms with Crippen molar-refractivity contribution in [3.8, 4) is 0 Å². The molecule has 0 amide bonds. The molecule has 0 spiro atoms. The van der Waals surface area contributed by atoms with Crippen molar-refractivity contribution >= 4 is 0 Å². The Kier molecular flexibility index (Phi) is 8.43. The molecule has 39 heavy (non-hydrogen) atoms. The predicted molar refractivity (Wildman–Crippen MR) is 155 cm³/mol. The summed E-state index contributed by atoms with van der Waals surface area (Å²) in [7, 11) is 0. The number of nitrogens with zero attached hydrogens (tertiary/aromatic N) is 1. The van der Waals surface area contributed by atoms with Crippen molar-refractivity contribution < 1.29 is 19.7 Å². The second-order valence-corrected chi connectivity index (χ2v) is 13.3. The molecule has 214 valence electrons. The summed E-state index contributed by atoms with van der Waals surface area (Å²) in [6.45, 7) is 11.1. The molecule has 0 saturated heterocycles. The van der Waals surface area contributed by atoms with Gasteiger partial charge in [-0.1, -0.05) is 63.6 Å². The summed E-state index contributed by atoms with van der Waals surface area (Å²) in [5.74, 6) is 2.23. The van der Waals surface area contributed by atoms with Crippen molar-refractivity contribution in [2.45, 2.75) is 122 Å². The lowest BCUT2D eigenvalue weighted by atomic mass is 9.61. The van der Waals surface area contributed by atoms with Gasteiger partial charge in [-0.3, -0.25) is 0 Å². The van der Waals surface area contributed by atoms with Gasteiger partial charge < -0.3 is 19.7 Å². The highest BCUT2D eigenvalue weighted by atomic mass is 16.3. The van der Waals surface area contributed by atoms with Crippen LogP contribution in [0.3, 0.4) is 0 Å². The first-order valence-corrected chi connectivity index (χ1v) is 15.4. The second kappa shape index (κ2) is 11.5. The van der Waals surface area contributed by atoms with Crippen LogP contribution < -0.4 is 0 Å². The van der Waals surface area contributed by atoms with Gasteiger partial charge in [0.2, 0.25) is 5.89 Å². The third-order valence-electron chi connectivity index (χ3n) is 10.7. The van der Waals surface area contributed by atoms with Crippen molar-refractivity contribution in [3.63, 3.8) is 0 Å². The molecule has 0 bridgehead atoms. The van der Waals surface area contributed by atoms with Gasteiger partial charge in [-0.15, -0.1) is 0 Å². The number of hydrogen-bond donors (Lipinski definition) is 3. The average Bonchev–Trinajstić information content (AvgIpc) is 3.44. The van der Waals surface area contributed by atoms with E-state index in [1.807, 2.05) is 6.08 Å². The summed E-state index contributed by atoms with van der Waals surface area (Å²) < 4.78 is 5.85. The van der Waals surface area contributed by atoms with E-state index < -0.39 is 18.3 Å². The Labute approximate surface area is 234 Å². The minimum absolute atomic E-state index is 0.244. The lowest BCUT2D eigenvalue weighted by Gasteiger charge is -2.44. The molecule has 0 unspecified atom stereocenters.